The van der Waals surface area contributed by atoms with E-state index in [-0.39, 0.29) is 0 Å². The molecule has 0 aromatic carbocycles. The Bertz CT molecular complexity index is 409. The Morgan fingerprint density at radius 3 is 2.88 bits per heavy atom. The maximum atomic E-state index is 5.59. The zero-order chi connectivity index (χ0) is 11.8. The smallest absolute Gasteiger partial charge is 0.0559 e. The number of rotatable bonds is 3. The lowest BCUT2D eigenvalue weighted by molar-refractivity contribution is 0.410. The summed E-state index contributed by atoms with van der Waals surface area (Å²) in [5, 5.41) is 0. The molecule has 2 aliphatic heterocycles. The van der Waals surface area contributed by atoms with Crippen molar-refractivity contribution in [3.05, 3.63) is 24.0 Å². The van der Waals surface area contributed by atoms with Crippen molar-refractivity contribution in [2.75, 3.05) is 24.5 Å². The highest BCUT2D eigenvalue weighted by molar-refractivity contribution is 7.13. The lowest BCUT2D eigenvalue weighted by atomic mass is 10.2. The number of hydrogen-bond acceptors (Lipinski definition) is 4. The van der Waals surface area contributed by atoms with Crippen LogP contribution in [0.3, 0.4) is 0 Å². The number of piperazine rings is 1. The molecule has 4 nitrogen and oxygen atoms in total. The Morgan fingerprint density at radius 2 is 2.24 bits per heavy atom. The van der Waals surface area contributed by atoms with Crippen LogP contribution in [0.5, 0.6) is 0 Å². The molecule has 3 atom stereocenters. The molecule has 3 unspecified atom stereocenters. The molecule has 1 aromatic heterocycles. The maximum absolute atomic E-state index is 5.59. The molecule has 0 spiro atoms. The highest BCUT2D eigenvalue weighted by Crippen LogP contribution is 2.36. The van der Waals surface area contributed by atoms with E-state index in [2.05, 4.69) is 30.0 Å². The van der Waals surface area contributed by atoms with Crippen LogP contribution in [-0.4, -0.2) is 41.4 Å². The van der Waals surface area contributed by atoms with Crippen molar-refractivity contribution in [1.82, 2.24) is 9.65 Å². The van der Waals surface area contributed by atoms with E-state index in [4.69, 9.17) is 5.73 Å². The monoisotopic (exact) mass is 250 g/mol. The molecule has 0 saturated carbocycles. The minimum atomic E-state index is 0.660. The second kappa shape index (κ2) is 4.52. The topological polar surface area (TPSA) is 45.4 Å². The fourth-order valence-electron chi connectivity index (χ4n) is 2.95. The van der Waals surface area contributed by atoms with Gasteiger partial charge in [0.25, 0.3) is 0 Å². The molecular weight excluding hydrogens is 231 g/mol. The maximum Gasteiger partial charge on any atom is 0.0559 e. The lowest BCUT2D eigenvalue weighted by Gasteiger charge is -2.33. The van der Waals surface area contributed by atoms with Crippen LogP contribution in [0.4, 0.5) is 5.69 Å². The summed E-state index contributed by atoms with van der Waals surface area (Å²) in [6, 6.07) is 3.60. The summed E-state index contributed by atoms with van der Waals surface area (Å²) in [7, 11) is 2.84. The average molecular weight is 250 g/mol. The van der Waals surface area contributed by atoms with E-state index in [1.165, 1.54) is 17.7 Å². The first kappa shape index (κ1) is 11.4. The molecule has 0 aliphatic carbocycles. The first-order chi connectivity index (χ1) is 8.28. The van der Waals surface area contributed by atoms with E-state index in [1.54, 1.807) is 0 Å². The molecule has 5 heteroatoms. The molecule has 3 heterocycles. The first-order valence-corrected chi connectivity index (χ1v) is 6.71. The van der Waals surface area contributed by atoms with Crippen molar-refractivity contribution in [2.45, 2.75) is 24.9 Å². The third-order valence-electron chi connectivity index (χ3n) is 3.83. The summed E-state index contributed by atoms with van der Waals surface area (Å²) in [6.45, 7) is 2.97. The molecule has 1 aromatic rings. The third-order valence-corrected chi connectivity index (χ3v) is 4.46. The van der Waals surface area contributed by atoms with Gasteiger partial charge >= 0.3 is 0 Å². The van der Waals surface area contributed by atoms with Gasteiger partial charge in [0.1, 0.15) is 0 Å². The Kier molecular flexibility index (Phi) is 3.03. The summed E-state index contributed by atoms with van der Waals surface area (Å²) >= 11 is 0. The Balaban J connectivity index is 1.79. The number of aromatic nitrogens is 1. The molecule has 92 valence electrons. The van der Waals surface area contributed by atoms with Crippen LogP contribution >= 0.6 is 9.39 Å². The Hall–Kier alpha value is -0.700. The van der Waals surface area contributed by atoms with Gasteiger partial charge < -0.3 is 10.6 Å². The molecule has 2 saturated heterocycles. The van der Waals surface area contributed by atoms with Gasteiger partial charge in [0, 0.05) is 31.4 Å². The van der Waals surface area contributed by atoms with E-state index in [1.807, 2.05) is 12.4 Å². The van der Waals surface area contributed by atoms with Crippen molar-refractivity contribution >= 4 is 15.1 Å². The molecular formula is C12H19N4P. The van der Waals surface area contributed by atoms with E-state index in [9.17, 15) is 0 Å². The van der Waals surface area contributed by atoms with E-state index >= 15 is 0 Å². The molecule has 0 radical (unpaired) electrons. The Morgan fingerprint density at radius 1 is 1.35 bits per heavy atom. The van der Waals surface area contributed by atoms with Gasteiger partial charge in [-0.2, -0.15) is 0 Å². The predicted molar refractivity (Wildman–Crippen MR) is 73.0 cm³/mol. The summed E-state index contributed by atoms with van der Waals surface area (Å²) in [4.78, 5) is 6.83. The third kappa shape index (κ3) is 2.05. The number of nitrogens with zero attached hydrogens (tertiary/aromatic N) is 3. The van der Waals surface area contributed by atoms with Crippen molar-refractivity contribution in [3.63, 3.8) is 0 Å². The van der Waals surface area contributed by atoms with Gasteiger partial charge in [-0.25, -0.2) is 0 Å². The normalized spacial score (nSPS) is 28.0. The number of hydrogen-bond donors (Lipinski definition) is 1. The fraction of sp³-hybridized carbons (Fsp3) is 0.583. The van der Waals surface area contributed by atoms with Crippen molar-refractivity contribution in [3.8, 4) is 0 Å². The van der Waals surface area contributed by atoms with Gasteiger partial charge in [0.15, 0.2) is 0 Å². The summed E-state index contributed by atoms with van der Waals surface area (Å²) < 4.78 is 2.39. The van der Waals surface area contributed by atoms with Gasteiger partial charge in [0.2, 0.25) is 0 Å². The summed E-state index contributed by atoms with van der Waals surface area (Å²) in [6.07, 6.45) is 6.10. The average Bonchev–Trinajstić information content (AvgIpc) is 2.88. The van der Waals surface area contributed by atoms with Crippen LogP contribution in [0.2, 0.25) is 0 Å². The van der Waals surface area contributed by atoms with Gasteiger partial charge in [-0.15, -0.1) is 0 Å². The van der Waals surface area contributed by atoms with Gasteiger partial charge in [-0.1, -0.05) is 9.39 Å². The van der Waals surface area contributed by atoms with Gasteiger partial charge in [-0.05, 0) is 31.0 Å². The van der Waals surface area contributed by atoms with Crippen molar-refractivity contribution < 1.29 is 0 Å². The van der Waals surface area contributed by atoms with Crippen LogP contribution < -0.4 is 10.6 Å². The highest BCUT2D eigenvalue weighted by atomic mass is 31.0. The molecule has 0 amide bonds. The molecule has 17 heavy (non-hydrogen) atoms. The second-order valence-electron chi connectivity index (χ2n) is 4.98. The van der Waals surface area contributed by atoms with E-state index < -0.39 is 0 Å². The SMILES string of the molecule is NCCc1cncc(N2CC3CC2CN3P)c1. The first-order valence-electron chi connectivity index (χ1n) is 6.20. The number of fused-ring (bicyclic) bond motifs is 2. The van der Waals surface area contributed by atoms with E-state index in [0.717, 1.165) is 19.5 Å². The molecule has 2 aliphatic rings. The molecule has 2 fully saturated rings. The van der Waals surface area contributed by atoms with Crippen LogP contribution in [0.15, 0.2) is 18.5 Å². The standard InChI is InChI=1S/C12H19N4P/c13-2-1-9-3-10(6-14-5-9)15-7-12-4-11(15)8-16(12)17/h3,5-6,11-12H,1-2,4,7-8,13,17H2. The minimum Gasteiger partial charge on any atom is -0.364 e. The van der Waals surface area contributed by atoms with Crippen molar-refractivity contribution in [2.24, 2.45) is 5.73 Å². The fourth-order valence-corrected chi connectivity index (χ4v) is 3.41. The molecule has 3 rings (SSSR count). The largest absolute Gasteiger partial charge is 0.364 e. The zero-order valence-electron chi connectivity index (χ0n) is 9.92. The van der Waals surface area contributed by atoms with Crippen molar-refractivity contribution in [1.29, 1.82) is 0 Å². The lowest BCUT2D eigenvalue weighted by Crippen LogP contribution is -2.42. The summed E-state index contributed by atoms with van der Waals surface area (Å²) in [5.74, 6) is 0. The number of anilines is 1. The summed E-state index contributed by atoms with van der Waals surface area (Å²) in [5.41, 5.74) is 8.10. The second-order valence-corrected chi connectivity index (χ2v) is 5.65. The number of pyridine rings is 1. The zero-order valence-corrected chi connectivity index (χ0v) is 11.1. The van der Waals surface area contributed by atoms with Crippen LogP contribution in [-0.2, 0) is 6.42 Å². The quantitative estimate of drug-likeness (QED) is 0.800. The van der Waals surface area contributed by atoms with Gasteiger partial charge in [-0.3, -0.25) is 9.65 Å². The highest BCUT2D eigenvalue weighted by Gasteiger charge is 2.41. The van der Waals surface area contributed by atoms with Gasteiger partial charge in [0.05, 0.1) is 11.9 Å². The molecule has 2 bridgehead atoms. The predicted octanol–water partition coefficient (Wildman–Crippen LogP) is 0.636. The van der Waals surface area contributed by atoms with Crippen LogP contribution in [0, 0.1) is 0 Å². The Labute approximate surface area is 104 Å². The van der Waals surface area contributed by atoms with Crippen LogP contribution in [0.1, 0.15) is 12.0 Å². The minimum absolute atomic E-state index is 0.660. The number of nitrogens with two attached hydrogens (primary N) is 1. The molecule has 2 N–H and O–H groups in total. The van der Waals surface area contributed by atoms with E-state index in [0.29, 0.717) is 18.6 Å². The van der Waals surface area contributed by atoms with Crippen LogP contribution in [0.25, 0.3) is 0 Å².